The number of allylic oxidation sites excluding steroid dienone is 2. The highest BCUT2D eigenvalue weighted by Crippen LogP contribution is 2.43. The number of benzene rings is 1. The van der Waals surface area contributed by atoms with E-state index < -0.39 is 29.3 Å². The van der Waals surface area contributed by atoms with Gasteiger partial charge in [-0.3, -0.25) is 0 Å². The minimum Gasteiger partial charge on any atom is -0.495 e. The number of carboxylic acid groups (broad SMARTS) is 1. The van der Waals surface area contributed by atoms with Gasteiger partial charge in [0, 0.05) is 41.8 Å². The number of ether oxygens (including phenoxy) is 2. The van der Waals surface area contributed by atoms with Gasteiger partial charge < -0.3 is 24.5 Å². The second-order valence-electron chi connectivity index (χ2n) is 11.1. The molecule has 3 atom stereocenters. The Morgan fingerprint density at radius 1 is 1.26 bits per heavy atom. The van der Waals surface area contributed by atoms with E-state index in [1.54, 1.807) is 6.92 Å². The first-order valence-electron chi connectivity index (χ1n) is 13.1. The van der Waals surface area contributed by atoms with Crippen LogP contribution in [-0.2, 0) is 20.8 Å². The van der Waals surface area contributed by atoms with E-state index in [1.165, 1.54) is 12.1 Å². The summed E-state index contributed by atoms with van der Waals surface area (Å²) in [6.07, 6.45) is 4.52. The Kier molecular flexibility index (Phi) is 7.07. The van der Waals surface area contributed by atoms with E-state index in [9.17, 15) is 18.7 Å². The fourth-order valence-electron chi connectivity index (χ4n) is 5.47. The van der Waals surface area contributed by atoms with Gasteiger partial charge in [-0.05, 0) is 68.7 Å². The van der Waals surface area contributed by atoms with Crippen LogP contribution in [-0.4, -0.2) is 45.4 Å². The Morgan fingerprint density at radius 3 is 2.72 bits per heavy atom. The van der Waals surface area contributed by atoms with E-state index >= 15 is 0 Å². The zero-order valence-corrected chi connectivity index (χ0v) is 22.7. The van der Waals surface area contributed by atoms with E-state index in [2.05, 4.69) is 12.2 Å². The molecule has 1 aromatic carbocycles. The van der Waals surface area contributed by atoms with Crippen molar-refractivity contribution in [2.45, 2.75) is 58.9 Å². The lowest BCUT2D eigenvalue weighted by Gasteiger charge is -2.37. The van der Waals surface area contributed by atoms with Crippen LogP contribution >= 0.6 is 0 Å². The molecule has 0 bridgehead atoms. The molecule has 39 heavy (non-hydrogen) atoms. The van der Waals surface area contributed by atoms with Crippen molar-refractivity contribution in [2.75, 3.05) is 13.2 Å². The van der Waals surface area contributed by atoms with E-state index in [0.29, 0.717) is 35.6 Å². The number of aromatic nitrogens is 2. The Balaban J connectivity index is 1.72. The Labute approximate surface area is 226 Å². The molecule has 2 N–H and O–H groups in total. The number of pyridine rings is 1. The molecule has 5 rings (SSSR count). The number of carbonyl (C=O) groups is 1. The van der Waals surface area contributed by atoms with Crippen molar-refractivity contribution in [2.24, 2.45) is 5.92 Å². The number of hydrogen-bond acceptors (Lipinski definition) is 5. The quantitative estimate of drug-likeness (QED) is 0.431. The smallest absolute Gasteiger partial charge is 0.337 e. The number of aliphatic carboxylic acids is 1. The summed E-state index contributed by atoms with van der Waals surface area (Å²) in [5, 5.41) is 14.6. The molecule has 3 aromatic rings. The number of fused-ring (bicyclic) bond motifs is 2. The lowest BCUT2D eigenvalue weighted by molar-refractivity contribution is -0.160. The maximum absolute atomic E-state index is 13.9. The number of morpholine rings is 1. The number of rotatable bonds is 6. The van der Waals surface area contributed by atoms with Crippen molar-refractivity contribution in [3.05, 3.63) is 82.4 Å². The first kappa shape index (κ1) is 27.0. The molecule has 1 unspecified atom stereocenters. The lowest BCUT2D eigenvalue weighted by Crippen LogP contribution is -2.45. The van der Waals surface area contributed by atoms with Gasteiger partial charge in [0.2, 0.25) is 0 Å². The fourth-order valence-corrected chi connectivity index (χ4v) is 5.47. The van der Waals surface area contributed by atoms with Crippen molar-refractivity contribution in [1.29, 1.82) is 0 Å². The van der Waals surface area contributed by atoms with Crippen LogP contribution in [0.25, 0.3) is 16.6 Å². The van der Waals surface area contributed by atoms with Crippen LogP contribution in [0.1, 0.15) is 56.2 Å². The molecule has 0 saturated carbocycles. The van der Waals surface area contributed by atoms with Gasteiger partial charge in [0.05, 0.1) is 11.6 Å². The zero-order chi connectivity index (χ0) is 28.1. The minimum absolute atomic E-state index is 0.0346. The molecular formula is C30H33F2N3O4. The number of aryl methyl sites for hydroxylation is 1. The van der Waals surface area contributed by atoms with Crippen LogP contribution in [0, 0.1) is 24.5 Å². The predicted molar refractivity (Wildman–Crippen MR) is 144 cm³/mol. The second kappa shape index (κ2) is 10.2. The Hall–Kier alpha value is -3.56. The van der Waals surface area contributed by atoms with Crippen molar-refractivity contribution >= 4 is 22.6 Å². The van der Waals surface area contributed by atoms with Crippen LogP contribution in [0.5, 0.6) is 0 Å². The monoisotopic (exact) mass is 537 g/mol. The zero-order valence-electron chi connectivity index (χ0n) is 22.7. The van der Waals surface area contributed by atoms with Gasteiger partial charge >= 0.3 is 5.97 Å². The van der Waals surface area contributed by atoms with Gasteiger partial charge in [-0.1, -0.05) is 19.1 Å². The van der Waals surface area contributed by atoms with Crippen LogP contribution in [0.4, 0.5) is 8.78 Å². The maximum atomic E-state index is 13.9. The Bertz CT molecular complexity index is 1500. The van der Waals surface area contributed by atoms with Gasteiger partial charge in [-0.15, -0.1) is 0 Å². The predicted octanol–water partition coefficient (Wildman–Crippen LogP) is 5.52. The summed E-state index contributed by atoms with van der Waals surface area (Å²) in [6, 6.07) is 5.67. The molecular weight excluding hydrogens is 504 g/mol. The van der Waals surface area contributed by atoms with Crippen molar-refractivity contribution in [3.63, 3.8) is 0 Å². The normalized spacial score (nSPS) is 20.2. The summed E-state index contributed by atoms with van der Waals surface area (Å²) in [4.78, 5) is 17.5. The Morgan fingerprint density at radius 2 is 2.03 bits per heavy atom. The molecule has 0 spiro atoms. The number of carboxylic acids is 1. The number of nitrogens with zero attached hydrogens (tertiary/aromatic N) is 2. The average Bonchev–Trinajstić information content (AvgIpc) is 3.26. The highest BCUT2D eigenvalue weighted by molar-refractivity contribution is 5.96. The number of nitrogens with one attached hydrogen (secondary N) is 1. The van der Waals surface area contributed by atoms with Crippen LogP contribution in [0.2, 0.25) is 0 Å². The molecule has 206 valence electrons. The minimum atomic E-state index is -1.25. The largest absolute Gasteiger partial charge is 0.495 e. The topological polar surface area (TPSA) is 85.6 Å². The third kappa shape index (κ3) is 5.21. The van der Waals surface area contributed by atoms with E-state index in [4.69, 9.17) is 14.5 Å². The number of hydrogen-bond donors (Lipinski definition) is 2. The molecule has 1 aliphatic heterocycles. The molecule has 1 fully saturated rings. The highest BCUT2D eigenvalue weighted by Gasteiger charge is 2.37. The van der Waals surface area contributed by atoms with Crippen LogP contribution < -0.4 is 5.32 Å². The molecule has 9 heteroatoms. The fraction of sp³-hybridized carbons (Fsp3) is 0.400. The lowest BCUT2D eigenvalue weighted by atomic mass is 9.79. The third-order valence-corrected chi connectivity index (χ3v) is 7.18. The van der Waals surface area contributed by atoms with E-state index in [0.717, 1.165) is 28.3 Å². The maximum Gasteiger partial charge on any atom is 0.337 e. The molecule has 2 aromatic heterocycles. The number of halogens is 2. The van der Waals surface area contributed by atoms with Gasteiger partial charge in [0.25, 0.3) is 0 Å². The molecule has 1 saturated heterocycles. The van der Waals surface area contributed by atoms with Gasteiger partial charge in [0.15, 0.2) is 17.7 Å². The molecule has 7 nitrogen and oxygen atoms in total. The van der Waals surface area contributed by atoms with Crippen molar-refractivity contribution < 1.29 is 28.2 Å². The summed E-state index contributed by atoms with van der Waals surface area (Å²) in [5.74, 6) is -2.09. The summed E-state index contributed by atoms with van der Waals surface area (Å²) in [7, 11) is 0. The summed E-state index contributed by atoms with van der Waals surface area (Å²) >= 11 is 0. The van der Waals surface area contributed by atoms with Gasteiger partial charge in [0.1, 0.15) is 18.0 Å². The summed E-state index contributed by atoms with van der Waals surface area (Å²) in [5.41, 5.74) is 3.20. The van der Waals surface area contributed by atoms with Crippen molar-refractivity contribution in [3.8, 4) is 0 Å². The molecule has 3 heterocycles. The van der Waals surface area contributed by atoms with Crippen LogP contribution in [0.15, 0.2) is 48.4 Å². The SMILES string of the molecule is Cc1nc2c(ccn2Cc2ccc(F)c(F)c2)c(C2=CC=C3OCCNC3[C@H]2C)c1[C@H](OC(C)(C)C)C(=O)O. The second-order valence-corrected chi connectivity index (χ2v) is 11.1. The highest BCUT2D eigenvalue weighted by atomic mass is 19.2. The van der Waals surface area contributed by atoms with Crippen LogP contribution in [0.3, 0.4) is 0 Å². The third-order valence-electron chi connectivity index (χ3n) is 7.18. The molecule has 0 amide bonds. The summed E-state index contributed by atoms with van der Waals surface area (Å²) < 4.78 is 41.3. The summed E-state index contributed by atoms with van der Waals surface area (Å²) in [6.45, 7) is 10.9. The average molecular weight is 538 g/mol. The molecule has 1 aliphatic carbocycles. The van der Waals surface area contributed by atoms with Crippen molar-refractivity contribution in [1.82, 2.24) is 14.9 Å². The first-order chi connectivity index (χ1) is 18.4. The van der Waals surface area contributed by atoms with Gasteiger partial charge in [-0.2, -0.15) is 0 Å². The standard InChI is InChI=1S/C30H33F2N3O4/c1-16-19(7-9-23-26(16)33-11-13-38-23)25-20-10-12-35(15-18-6-8-21(31)22(32)14-18)28(20)34-17(2)24(25)27(29(36)37)39-30(3,4)5/h6-10,12,14,16,26-27,33H,11,13,15H2,1-5H3,(H,36,37)/t16-,26?,27-/m0/s1. The van der Waals surface area contributed by atoms with Gasteiger partial charge in [-0.25, -0.2) is 18.6 Å². The molecule has 0 radical (unpaired) electrons. The molecule has 2 aliphatic rings. The van der Waals surface area contributed by atoms with E-state index in [1.807, 2.05) is 49.8 Å². The van der Waals surface area contributed by atoms with E-state index in [-0.39, 0.29) is 18.5 Å². The first-order valence-corrected chi connectivity index (χ1v) is 13.1.